The first kappa shape index (κ1) is 12.3. The predicted molar refractivity (Wildman–Crippen MR) is 52.4 cm³/mol. The summed E-state index contributed by atoms with van der Waals surface area (Å²) in [7, 11) is -1.98. The monoisotopic (exact) mass is 201 g/mol. The maximum Gasteiger partial charge on any atom is 0.698 e. The van der Waals surface area contributed by atoms with Crippen LogP contribution in [0.1, 0.15) is 19.8 Å². The molecular weight excluding hydrogens is 187 g/mol. The Morgan fingerprint density at radius 1 is 1.46 bits per heavy atom. The van der Waals surface area contributed by atoms with Crippen molar-refractivity contribution in [1.29, 1.82) is 0 Å². The van der Waals surface area contributed by atoms with Crippen LogP contribution in [-0.2, 0) is 13.6 Å². The Morgan fingerprint density at radius 2 is 2.23 bits per heavy atom. The molecule has 0 bridgehead atoms. The minimum absolute atomic E-state index is 0.159. The third kappa shape index (κ3) is 9.23. The van der Waals surface area contributed by atoms with Crippen molar-refractivity contribution in [3.8, 4) is 11.8 Å². The summed E-state index contributed by atoms with van der Waals surface area (Å²) in [6.45, 7) is 5.87. The van der Waals surface area contributed by atoms with E-state index in [1.807, 2.05) is 0 Å². The molecule has 72 valence electrons. The van der Waals surface area contributed by atoms with Gasteiger partial charge in [-0.05, 0) is 13.3 Å². The van der Waals surface area contributed by atoms with Gasteiger partial charge in [-0.15, -0.1) is 21.5 Å². The van der Waals surface area contributed by atoms with Gasteiger partial charge in [-0.25, -0.2) is 0 Å². The largest absolute Gasteiger partial charge is 0.698 e. The topological polar surface area (TPSA) is 35.5 Å². The van der Waals surface area contributed by atoms with Crippen molar-refractivity contribution in [1.82, 2.24) is 0 Å². The van der Waals surface area contributed by atoms with E-state index in [9.17, 15) is 4.57 Å². The fourth-order valence-electron chi connectivity index (χ4n) is 0.541. The fraction of sp³-hybridized carbons (Fsp3) is 0.556. The second-order valence-corrected chi connectivity index (χ2v) is 3.06. The highest BCUT2D eigenvalue weighted by Gasteiger charge is 2.16. The van der Waals surface area contributed by atoms with Crippen LogP contribution in [0.5, 0.6) is 0 Å². The first-order valence-electron chi connectivity index (χ1n) is 4.11. The molecule has 0 aliphatic heterocycles. The van der Waals surface area contributed by atoms with Crippen LogP contribution in [0, 0.1) is 11.8 Å². The van der Waals surface area contributed by atoms with Gasteiger partial charge in [-0.1, -0.05) is 12.0 Å². The smallest absolute Gasteiger partial charge is 0.119 e. The Balaban J connectivity index is 3.35. The van der Waals surface area contributed by atoms with E-state index in [1.54, 1.807) is 13.0 Å². The van der Waals surface area contributed by atoms with Crippen molar-refractivity contribution in [3.63, 3.8) is 0 Å². The normalized spacial score (nSPS) is 10.1. The lowest BCUT2D eigenvalue weighted by Gasteiger charge is -1.81. The lowest BCUT2D eigenvalue weighted by Crippen LogP contribution is -1.84. The summed E-state index contributed by atoms with van der Waals surface area (Å²) in [6.07, 6.45) is 3.43. The molecule has 0 saturated carbocycles. The highest BCUT2D eigenvalue weighted by atomic mass is 31.1. The van der Waals surface area contributed by atoms with Gasteiger partial charge < -0.3 is 0 Å². The molecule has 0 N–H and O–H groups in total. The summed E-state index contributed by atoms with van der Waals surface area (Å²) in [5.74, 6) is 5.58. The highest BCUT2D eigenvalue weighted by molar-refractivity contribution is 7.33. The maximum atomic E-state index is 10.8. The number of hydrogen-bond acceptors (Lipinski definition) is 3. The summed E-state index contributed by atoms with van der Waals surface area (Å²) in [5, 5.41) is 0. The zero-order valence-corrected chi connectivity index (χ0v) is 8.68. The van der Waals surface area contributed by atoms with Gasteiger partial charge in [-0.3, -0.25) is 0 Å². The maximum absolute atomic E-state index is 10.8. The molecule has 0 rings (SSSR count). The minimum Gasteiger partial charge on any atom is -0.119 e. The summed E-state index contributed by atoms with van der Waals surface area (Å²) in [5.41, 5.74) is 0. The van der Waals surface area contributed by atoms with E-state index >= 15 is 0 Å². The van der Waals surface area contributed by atoms with E-state index < -0.39 is 8.25 Å². The van der Waals surface area contributed by atoms with Gasteiger partial charge in [0, 0.05) is 11.0 Å². The van der Waals surface area contributed by atoms with Gasteiger partial charge in [0.05, 0.1) is 0 Å². The van der Waals surface area contributed by atoms with Crippen LogP contribution in [0.3, 0.4) is 0 Å². The molecule has 0 saturated heterocycles. The number of unbranched alkanes of at least 4 members (excludes halogenated alkanes) is 1. The summed E-state index contributed by atoms with van der Waals surface area (Å²) in [4.78, 5) is 0. The molecule has 0 spiro atoms. The number of allylic oxidation sites excluding steroid dienone is 1. The molecule has 0 aromatic rings. The Bertz CT molecular complexity index is 215. The molecule has 3 nitrogen and oxygen atoms in total. The highest BCUT2D eigenvalue weighted by Crippen LogP contribution is 2.22. The van der Waals surface area contributed by atoms with E-state index in [1.165, 1.54) is 0 Å². The lowest BCUT2D eigenvalue weighted by molar-refractivity contribution is 0.254. The van der Waals surface area contributed by atoms with Crippen molar-refractivity contribution in [3.05, 3.63) is 12.7 Å². The second kappa shape index (κ2) is 9.41. The molecular formula is C9H14O3P+. The Hall–Kier alpha value is -0.680. The van der Waals surface area contributed by atoms with Gasteiger partial charge in [0.15, 0.2) is 6.61 Å². The van der Waals surface area contributed by atoms with E-state index in [0.29, 0.717) is 6.61 Å². The molecule has 0 aromatic heterocycles. The average Bonchev–Trinajstić information content (AvgIpc) is 2.11. The zero-order valence-electron chi connectivity index (χ0n) is 7.78. The molecule has 0 radical (unpaired) electrons. The molecule has 0 fully saturated rings. The van der Waals surface area contributed by atoms with E-state index in [4.69, 9.17) is 4.52 Å². The predicted octanol–water partition coefficient (Wildman–Crippen LogP) is 2.67. The summed E-state index contributed by atoms with van der Waals surface area (Å²) < 4.78 is 20.2. The van der Waals surface area contributed by atoms with Gasteiger partial charge in [0.1, 0.15) is 6.61 Å². The summed E-state index contributed by atoms with van der Waals surface area (Å²) in [6, 6.07) is 0. The van der Waals surface area contributed by atoms with Crippen molar-refractivity contribution in [2.45, 2.75) is 19.8 Å². The van der Waals surface area contributed by atoms with Crippen LogP contribution in [-0.4, -0.2) is 13.2 Å². The van der Waals surface area contributed by atoms with Crippen LogP contribution >= 0.6 is 8.25 Å². The number of hydrogen-bond donors (Lipinski definition) is 0. The van der Waals surface area contributed by atoms with Gasteiger partial charge in [0.25, 0.3) is 0 Å². The fourth-order valence-corrected chi connectivity index (χ4v) is 0.997. The molecule has 1 atom stereocenters. The molecule has 13 heavy (non-hydrogen) atoms. The zero-order chi connectivity index (χ0) is 9.94. The van der Waals surface area contributed by atoms with Crippen LogP contribution in [0.4, 0.5) is 0 Å². The standard InChI is InChI=1S/C9H14O3P/c1-3-5-6-7-8-9-12-13(10)11-4-2/h3H,1,4-6,9H2,2H3/q+1. The Labute approximate surface area is 80.1 Å². The third-order valence-corrected chi connectivity index (χ3v) is 1.88. The van der Waals surface area contributed by atoms with E-state index in [-0.39, 0.29) is 6.61 Å². The van der Waals surface area contributed by atoms with Crippen molar-refractivity contribution < 1.29 is 13.6 Å². The van der Waals surface area contributed by atoms with Crippen LogP contribution in [0.15, 0.2) is 12.7 Å². The van der Waals surface area contributed by atoms with Gasteiger partial charge in [-0.2, -0.15) is 0 Å². The van der Waals surface area contributed by atoms with Crippen LogP contribution in [0.25, 0.3) is 0 Å². The third-order valence-electron chi connectivity index (χ3n) is 1.08. The van der Waals surface area contributed by atoms with Gasteiger partial charge in [0.2, 0.25) is 0 Å². The SMILES string of the molecule is C=CCCC#CCO[P+](=O)OCC. The second-order valence-electron chi connectivity index (χ2n) is 2.10. The molecule has 0 aliphatic carbocycles. The van der Waals surface area contributed by atoms with Crippen molar-refractivity contribution in [2.24, 2.45) is 0 Å². The lowest BCUT2D eigenvalue weighted by atomic mass is 10.3. The van der Waals surface area contributed by atoms with Crippen molar-refractivity contribution in [2.75, 3.05) is 13.2 Å². The summed E-state index contributed by atoms with van der Waals surface area (Å²) >= 11 is 0. The average molecular weight is 201 g/mol. The van der Waals surface area contributed by atoms with Crippen molar-refractivity contribution >= 4 is 8.25 Å². The molecule has 4 heteroatoms. The number of rotatable bonds is 6. The molecule has 0 heterocycles. The quantitative estimate of drug-likeness (QED) is 0.287. The first-order chi connectivity index (χ1) is 6.31. The Kier molecular flexibility index (Phi) is 8.92. The van der Waals surface area contributed by atoms with E-state index in [2.05, 4.69) is 22.9 Å². The first-order valence-corrected chi connectivity index (χ1v) is 5.20. The van der Waals surface area contributed by atoms with Gasteiger partial charge >= 0.3 is 8.25 Å². The molecule has 0 amide bonds. The van der Waals surface area contributed by atoms with E-state index in [0.717, 1.165) is 12.8 Å². The molecule has 1 unspecified atom stereocenters. The molecule has 0 aromatic carbocycles. The molecule has 0 aliphatic rings. The minimum atomic E-state index is -1.98. The van der Waals surface area contributed by atoms with Crippen LogP contribution < -0.4 is 0 Å². The Morgan fingerprint density at radius 3 is 2.85 bits per heavy atom. The van der Waals surface area contributed by atoms with Crippen LogP contribution in [0.2, 0.25) is 0 Å².